The first kappa shape index (κ1) is 8.85. The van der Waals surface area contributed by atoms with Gasteiger partial charge in [0.2, 0.25) is 0 Å². The monoisotopic (exact) mass is 302 g/mol. The summed E-state index contributed by atoms with van der Waals surface area (Å²) in [7, 11) is 0. The first-order valence-corrected chi connectivity index (χ1v) is 4.75. The smallest absolute Gasteiger partial charge is 0.0604 e. The van der Waals surface area contributed by atoms with Gasteiger partial charge in [0.15, 0.2) is 0 Å². The Hall–Kier alpha value is 0.760. The Balaban J connectivity index is 3.28. The van der Waals surface area contributed by atoms with Crippen LogP contribution in [0.25, 0.3) is 0 Å². The van der Waals surface area contributed by atoms with Gasteiger partial charge in [-0.15, -0.1) is 0 Å². The lowest BCUT2D eigenvalue weighted by atomic mass is 10.4. The average molecular weight is 305 g/mol. The van der Waals surface area contributed by atoms with Crippen molar-refractivity contribution >= 4 is 55.1 Å². The Kier molecular flexibility index (Phi) is 3.04. The summed E-state index contributed by atoms with van der Waals surface area (Å²) in [6.07, 6.45) is 0. The van der Waals surface area contributed by atoms with E-state index in [-0.39, 0.29) is 0 Å². The van der Waals surface area contributed by atoms with E-state index < -0.39 is 0 Å². The molecule has 0 nitrogen and oxygen atoms in total. The molecule has 0 radical (unpaired) electrons. The molecule has 10 heavy (non-hydrogen) atoms. The second-order valence-electron chi connectivity index (χ2n) is 1.68. The molecule has 0 spiro atoms. The predicted octanol–water partition coefficient (Wildman–Crippen LogP) is 4.52. The summed E-state index contributed by atoms with van der Waals surface area (Å²) < 4.78 is 1.81. The Morgan fingerprint density at radius 2 is 1.20 bits per heavy atom. The van der Waals surface area contributed by atoms with Gasteiger partial charge in [-0.2, -0.15) is 0 Å². The zero-order chi connectivity index (χ0) is 7.72. The van der Waals surface area contributed by atoms with E-state index >= 15 is 0 Å². The molecule has 1 aromatic carbocycles. The minimum atomic E-state index is 0.553. The maximum atomic E-state index is 5.70. The molecule has 0 N–H and O–H groups in total. The zero-order valence-corrected chi connectivity index (χ0v) is 9.35. The van der Waals surface area contributed by atoms with E-state index in [0.717, 1.165) is 8.95 Å². The van der Waals surface area contributed by atoms with Crippen molar-refractivity contribution in [3.05, 3.63) is 31.1 Å². The van der Waals surface area contributed by atoms with Crippen molar-refractivity contribution in [3.63, 3.8) is 0 Å². The molecule has 0 bridgehead atoms. The fourth-order valence-corrected chi connectivity index (χ4v) is 1.78. The van der Waals surface area contributed by atoms with Gasteiger partial charge in [-0.25, -0.2) is 0 Å². The van der Waals surface area contributed by atoms with Crippen LogP contribution in [0.15, 0.2) is 21.1 Å². The number of rotatable bonds is 0. The summed E-state index contributed by atoms with van der Waals surface area (Å²) in [6, 6.07) is 3.49. The summed E-state index contributed by atoms with van der Waals surface area (Å²) in [5.74, 6) is 0. The predicted molar refractivity (Wildman–Crippen MR) is 51.9 cm³/mol. The molecule has 0 fully saturated rings. The topological polar surface area (TPSA) is 0 Å². The highest BCUT2D eigenvalue weighted by atomic mass is 79.9. The number of hydrogen-bond donors (Lipinski definition) is 0. The maximum Gasteiger partial charge on any atom is 0.0604 e. The quantitative estimate of drug-likeness (QED) is 0.618. The average Bonchev–Trinajstić information content (AvgIpc) is 1.84. The molecule has 0 unspecified atom stereocenters. The van der Waals surface area contributed by atoms with Gasteiger partial charge in [-0.05, 0) is 44.0 Å². The van der Waals surface area contributed by atoms with Crippen LogP contribution in [0.1, 0.15) is 0 Å². The number of benzene rings is 1. The van der Waals surface area contributed by atoms with Gasteiger partial charge in [0.05, 0.1) is 10.0 Å². The molecule has 0 aliphatic heterocycles. The van der Waals surface area contributed by atoms with Crippen LogP contribution in [0.5, 0.6) is 0 Å². The third kappa shape index (κ3) is 1.88. The van der Waals surface area contributed by atoms with Crippen LogP contribution in [0, 0.1) is 0 Å². The van der Waals surface area contributed by atoms with Crippen LogP contribution < -0.4 is 0 Å². The first-order chi connectivity index (χ1) is 4.61. The van der Waals surface area contributed by atoms with E-state index in [2.05, 4.69) is 31.9 Å². The molecule has 0 atom stereocenters. The maximum absolute atomic E-state index is 5.70. The Morgan fingerprint density at radius 1 is 0.900 bits per heavy atom. The van der Waals surface area contributed by atoms with Crippen molar-refractivity contribution in [2.45, 2.75) is 0 Å². The van der Waals surface area contributed by atoms with E-state index in [1.165, 1.54) is 0 Å². The van der Waals surface area contributed by atoms with Crippen LogP contribution in [-0.2, 0) is 0 Å². The highest BCUT2D eigenvalue weighted by molar-refractivity contribution is 9.13. The van der Waals surface area contributed by atoms with Crippen LogP contribution in [0.3, 0.4) is 0 Å². The molecule has 0 aliphatic rings. The molecule has 0 saturated heterocycles. The summed E-state index contributed by atoms with van der Waals surface area (Å²) in [4.78, 5) is 0. The van der Waals surface area contributed by atoms with E-state index in [1.54, 1.807) is 12.1 Å². The Labute approximate surface area is 85.8 Å². The van der Waals surface area contributed by atoms with Crippen LogP contribution >= 0.6 is 55.1 Å². The Bertz CT molecular complexity index is 210. The van der Waals surface area contributed by atoms with Gasteiger partial charge in [0, 0.05) is 8.95 Å². The minimum Gasteiger partial charge on any atom is -0.0827 e. The third-order valence-electron chi connectivity index (χ3n) is 0.963. The summed E-state index contributed by atoms with van der Waals surface area (Å²) in [5.41, 5.74) is 0. The molecule has 4 heteroatoms. The molecular weight excluding hydrogens is 303 g/mol. The van der Waals surface area contributed by atoms with E-state index in [9.17, 15) is 0 Å². The van der Waals surface area contributed by atoms with Gasteiger partial charge in [-0.3, -0.25) is 0 Å². The van der Waals surface area contributed by atoms with Crippen molar-refractivity contribution in [3.8, 4) is 0 Å². The number of hydrogen-bond acceptors (Lipinski definition) is 0. The van der Waals surface area contributed by atoms with Crippen molar-refractivity contribution in [2.24, 2.45) is 0 Å². The fourth-order valence-electron chi connectivity index (χ4n) is 0.498. The molecule has 0 aromatic heterocycles. The zero-order valence-electron chi connectivity index (χ0n) is 4.67. The minimum absolute atomic E-state index is 0.553. The molecule has 0 saturated carbocycles. The van der Waals surface area contributed by atoms with Crippen molar-refractivity contribution < 1.29 is 0 Å². The lowest BCUT2D eigenvalue weighted by molar-refractivity contribution is 1.59. The molecule has 0 amide bonds. The van der Waals surface area contributed by atoms with Gasteiger partial charge in [-0.1, -0.05) is 23.2 Å². The molecule has 0 heterocycles. The Morgan fingerprint density at radius 3 is 1.50 bits per heavy atom. The summed E-state index contributed by atoms with van der Waals surface area (Å²) in [6.45, 7) is 0. The van der Waals surface area contributed by atoms with Crippen LogP contribution in [0.4, 0.5) is 0 Å². The third-order valence-corrected chi connectivity index (χ3v) is 3.53. The standard InChI is InChI=1S/C6H2Br2Cl2/c7-3-1-5(9)6(10)2-4(3)8/h1-2H. The summed E-state index contributed by atoms with van der Waals surface area (Å²) >= 11 is 18.0. The number of halogens is 4. The van der Waals surface area contributed by atoms with Gasteiger partial charge >= 0.3 is 0 Å². The highest BCUT2D eigenvalue weighted by Crippen LogP contribution is 2.32. The largest absolute Gasteiger partial charge is 0.0827 e. The van der Waals surface area contributed by atoms with Crippen LogP contribution in [-0.4, -0.2) is 0 Å². The molecule has 0 aliphatic carbocycles. The van der Waals surface area contributed by atoms with E-state index in [4.69, 9.17) is 23.2 Å². The highest BCUT2D eigenvalue weighted by Gasteiger charge is 2.01. The molecule has 54 valence electrons. The molecular formula is C6H2Br2Cl2. The normalized spacial score (nSPS) is 10.0. The van der Waals surface area contributed by atoms with Crippen molar-refractivity contribution in [2.75, 3.05) is 0 Å². The lowest BCUT2D eigenvalue weighted by Gasteiger charge is -1.98. The second-order valence-corrected chi connectivity index (χ2v) is 4.20. The van der Waals surface area contributed by atoms with E-state index in [0.29, 0.717) is 10.0 Å². The van der Waals surface area contributed by atoms with E-state index in [1.807, 2.05) is 0 Å². The van der Waals surface area contributed by atoms with Gasteiger partial charge < -0.3 is 0 Å². The molecule has 1 rings (SSSR count). The fraction of sp³-hybridized carbons (Fsp3) is 0. The molecule has 1 aromatic rings. The lowest BCUT2D eigenvalue weighted by Crippen LogP contribution is -1.71. The summed E-state index contributed by atoms with van der Waals surface area (Å²) in [5, 5.41) is 1.11. The van der Waals surface area contributed by atoms with Gasteiger partial charge in [0.25, 0.3) is 0 Å². The van der Waals surface area contributed by atoms with Crippen molar-refractivity contribution in [1.82, 2.24) is 0 Å². The van der Waals surface area contributed by atoms with Gasteiger partial charge in [0.1, 0.15) is 0 Å². The SMILES string of the molecule is Clc1cc(Br)c(Br)cc1Cl. The van der Waals surface area contributed by atoms with Crippen LogP contribution in [0.2, 0.25) is 10.0 Å². The van der Waals surface area contributed by atoms with Crippen molar-refractivity contribution in [1.29, 1.82) is 0 Å². The second kappa shape index (κ2) is 3.44. The first-order valence-electron chi connectivity index (χ1n) is 2.41.